The summed E-state index contributed by atoms with van der Waals surface area (Å²) in [5.41, 5.74) is 2.76. The number of aromatic nitrogens is 1. The molecule has 2 N–H and O–H groups in total. The van der Waals surface area contributed by atoms with E-state index < -0.39 is 0 Å². The molecule has 5 nitrogen and oxygen atoms in total. The molecular formula is C24H21N3O2S. The summed E-state index contributed by atoms with van der Waals surface area (Å²) in [4.78, 5) is 25.0. The first-order valence-electron chi connectivity index (χ1n) is 9.71. The van der Waals surface area contributed by atoms with Crippen molar-refractivity contribution in [3.05, 3.63) is 95.7 Å². The first-order valence-corrected chi connectivity index (χ1v) is 10.5. The summed E-state index contributed by atoms with van der Waals surface area (Å²) in [7, 11) is 0. The SMILES string of the molecule is C[C@H](CNC(=O)c1ccc(NC(=O)c2nsc3ccccc23)cc1)c1ccccc1. The van der Waals surface area contributed by atoms with Gasteiger partial charge >= 0.3 is 0 Å². The first kappa shape index (κ1) is 19.8. The number of amides is 2. The molecule has 0 bridgehead atoms. The van der Waals surface area contributed by atoms with Gasteiger partial charge in [-0.2, -0.15) is 4.37 Å². The molecule has 0 fully saturated rings. The van der Waals surface area contributed by atoms with E-state index in [0.29, 0.717) is 23.5 Å². The van der Waals surface area contributed by atoms with Gasteiger partial charge in [-0.25, -0.2) is 0 Å². The van der Waals surface area contributed by atoms with Crippen LogP contribution in [0.2, 0.25) is 0 Å². The van der Waals surface area contributed by atoms with Crippen LogP contribution in [0.5, 0.6) is 0 Å². The minimum atomic E-state index is -0.263. The van der Waals surface area contributed by atoms with Crippen molar-refractivity contribution in [1.29, 1.82) is 0 Å². The van der Waals surface area contributed by atoms with E-state index in [2.05, 4.69) is 34.1 Å². The standard InChI is InChI=1S/C24H21N3O2S/c1-16(17-7-3-2-4-8-17)15-25-23(28)18-11-13-19(14-12-18)26-24(29)22-20-9-5-6-10-21(20)30-27-22/h2-14,16H,15H2,1H3,(H,25,28)(H,26,29)/t16-/m1/s1. The van der Waals surface area contributed by atoms with Gasteiger partial charge < -0.3 is 10.6 Å². The molecule has 3 aromatic carbocycles. The van der Waals surface area contributed by atoms with Crippen molar-refractivity contribution in [2.24, 2.45) is 0 Å². The highest BCUT2D eigenvalue weighted by atomic mass is 32.1. The van der Waals surface area contributed by atoms with Crippen LogP contribution in [0.4, 0.5) is 5.69 Å². The van der Waals surface area contributed by atoms with E-state index in [1.807, 2.05) is 42.5 Å². The Hall–Kier alpha value is -3.51. The van der Waals surface area contributed by atoms with Gasteiger partial charge in [-0.05, 0) is 53.3 Å². The monoisotopic (exact) mass is 415 g/mol. The molecule has 0 aliphatic heterocycles. The molecule has 0 radical (unpaired) electrons. The van der Waals surface area contributed by atoms with Gasteiger partial charge in [0.1, 0.15) is 5.69 Å². The Labute approximate surface area is 178 Å². The van der Waals surface area contributed by atoms with Crippen LogP contribution in [-0.4, -0.2) is 22.7 Å². The van der Waals surface area contributed by atoms with Gasteiger partial charge in [-0.3, -0.25) is 9.59 Å². The fourth-order valence-electron chi connectivity index (χ4n) is 3.19. The zero-order valence-corrected chi connectivity index (χ0v) is 17.3. The van der Waals surface area contributed by atoms with Gasteiger partial charge in [0.05, 0.1) is 4.70 Å². The number of anilines is 1. The molecule has 4 aromatic rings. The predicted molar refractivity (Wildman–Crippen MR) is 121 cm³/mol. The Morgan fingerprint density at radius 1 is 0.900 bits per heavy atom. The van der Waals surface area contributed by atoms with Crippen molar-refractivity contribution < 1.29 is 9.59 Å². The third-order valence-electron chi connectivity index (χ3n) is 4.93. The summed E-state index contributed by atoms with van der Waals surface area (Å²) in [5.74, 6) is -0.177. The molecule has 1 aromatic heterocycles. The Morgan fingerprint density at radius 3 is 2.37 bits per heavy atom. The third-order valence-corrected chi connectivity index (χ3v) is 5.76. The number of carbonyl (C=O) groups excluding carboxylic acids is 2. The second-order valence-electron chi connectivity index (χ2n) is 7.08. The Morgan fingerprint density at radius 2 is 1.60 bits per heavy atom. The summed E-state index contributed by atoms with van der Waals surface area (Å²) in [6.07, 6.45) is 0. The normalized spacial score (nSPS) is 11.8. The van der Waals surface area contributed by atoms with E-state index in [-0.39, 0.29) is 17.7 Å². The molecule has 30 heavy (non-hydrogen) atoms. The molecule has 0 aliphatic carbocycles. The zero-order valence-electron chi connectivity index (χ0n) is 16.5. The molecule has 150 valence electrons. The number of hydrogen-bond acceptors (Lipinski definition) is 4. The molecule has 6 heteroatoms. The maximum absolute atomic E-state index is 12.6. The third kappa shape index (κ3) is 4.39. The van der Waals surface area contributed by atoms with Crippen molar-refractivity contribution >= 4 is 39.1 Å². The van der Waals surface area contributed by atoms with Crippen molar-refractivity contribution in [2.75, 3.05) is 11.9 Å². The number of nitrogens with one attached hydrogen (secondary N) is 2. The van der Waals surface area contributed by atoms with Gasteiger partial charge in [0.2, 0.25) is 0 Å². The summed E-state index contributed by atoms with van der Waals surface area (Å²) in [6.45, 7) is 2.63. The van der Waals surface area contributed by atoms with Crippen LogP contribution in [0.15, 0.2) is 78.9 Å². The van der Waals surface area contributed by atoms with Crippen LogP contribution < -0.4 is 10.6 Å². The van der Waals surface area contributed by atoms with Gasteiger partial charge in [0.15, 0.2) is 0 Å². The van der Waals surface area contributed by atoms with Crippen LogP contribution in [-0.2, 0) is 0 Å². The number of hydrogen-bond donors (Lipinski definition) is 2. The molecule has 0 spiro atoms. The number of carbonyl (C=O) groups is 2. The molecule has 0 aliphatic rings. The molecule has 2 amide bonds. The lowest BCUT2D eigenvalue weighted by atomic mass is 10.0. The fourth-order valence-corrected chi connectivity index (χ4v) is 3.97. The quantitative estimate of drug-likeness (QED) is 0.461. The maximum atomic E-state index is 12.6. The average Bonchev–Trinajstić information content (AvgIpc) is 3.23. The lowest BCUT2D eigenvalue weighted by molar-refractivity contribution is 0.0951. The summed E-state index contributed by atoms with van der Waals surface area (Å²) in [5, 5.41) is 6.65. The Balaban J connectivity index is 1.36. The van der Waals surface area contributed by atoms with Crippen LogP contribution in [0.1, 0.15) is 39.3 Å². The highest BCUT2D eigenvalue weighted by Gasteiger charge is 2.15. The minimum absolute atomic E-state index is 0.138. The van der Waals surface area contributed by atoms with Crippen LogP contribution >= 0.6 is 11.5 Å². The average molecular weight is 416 g/mol. The van der Waals surface area contributed by atoms with E-state index in [4.69, 9.17) is 0 Å². The van der Waals surface area contributed by atoms with Crippen LogP contribution in [0.25, 0.3) is 10.1 Å². The predicted octanol–water partition coefficient (Wildman–Crippen LogP) is 5.08. The molecule has 0 saturated carbocycles. The molecular weight excluding hydrogens is 394 g/mol. The van der Waals surface area contributed by atoms with E-state index in [9.17, 15) is 9.59 Å². The second-order valence-corrected chi connectivity index (χ2v) is 7.89. The van der Waals surface area contributed by atoms with Crippen molar-refractivity contribution in [2.45, 2.75) is 12.8 Å². The van der Waals surface area contributed by atoms with Crippen molar-refractivity contribution in [1.82, 2.24) is 9.69 Å². The number of rotatable bonds is 6. The molecule has 1 heterocycles. The smallest absolute Gasteiger partial charge is 0.276 e. The van der Waals surface area contributed by atoms with E-state index >= 15 is 0 Å². The highest BCUT2D eigenvalue weighted by Crippen LogP contribution is 2.23. The van der Waals surface area contributed by atoms with E-state index in [0.717, 1.165) is 10.1 Å². The van der Waals surface area contributed by atoms with Gasteiger partial charge in [-0.1, -0.05) is 55.5 Å². The maximum Gasteiger partial charge on any atom is 0.276 e. The molecule has 0 saturated heterocycles. The molecule has 4 rings (SSSR count). The van der Waals surface area contributed by atoms with Gasteiger partial charge in [-0.15, -0.1) is 0 Å². The number of fused-ring (bicyclic) bond motifs is 1. The fraction of sp³-hybridized carbons (Fsp3) is 0.125. The second kappa shape index (κ2) is 8.88. The van der Waals surface area contributed by atoms with Gasteiger partial charge in [0, 0.05) is 23.2 Å². The topological polar surface area (TPSA) is 71.1 Å². The Kier molecular flexibility index (Phi) is 5.86. The summed E-state index contributed by atoms with van der Waals surface area (Å²) >= 11 is 1.30. The van der Waals surface area contributed by atoms with E-state index in [1.54, 1.807) is 24.3 Å². The minimum Gasteiger partial charge on any atom is -0.351 e. The highest BCUT2D eigenvalue weighted by molar-refractivity contribution is 7.13. The Bertz CT molecular complexity index is 1170. The number of benzene rings is 3. The molecule has 1 atom stereocenters. The van der Waals surface area contributed by atoms with Crippen LogP contribution in [0, 0.1) is 0 Å². The first-order chi connectivity index (χ1) is 14.6. The van der Waals surface area contributed by atoms with Crippen molar-refractivity contribution in [3.8, 4) is 0 Å². The lowest BCUT2D eigenvalue weighted by Crippen LogP contribution is -2.27. The molecule has 0 unspecified atom stereocenters. The lowest BCUT2D eigenvalue weighted by Gasteiger charge is -2.13. The summed E-state index contributed by atoms with van der Waals surface area (Å²) < 4.78 is 5.24. The van der Waals surface area contributed by atoms with Gasteiger partial charge in [0.25, 0.3) is 11.8 Å². The zero-order chi connectivity index (χ0) is 20.9. The van der Waals surface area contributed by atoms with E-state index in [1.165, 1.54) is 17.1 Å². The summed E-state index contributed by atoms with van der Waals surface area (Å²) in [6, 6.07) is 24.6. The van der Waals surface area contributed by atoms with Crippen molar-refractivity contribution in [3.63, 3.8) is 0 Å². The largest absolute Gasteiger partial charge is 0.351 e. The number of nitrogens with zero attached hydrogens (tertiary/aromatic N) is 1. The van der Waals surface area contributed by atoms with Crippen LogP contribution in [0.3, 0.4) is 0 Å².